The van der Waals surface area contributed by atoms with E-state index in [9.17, 15) is 10.2 Å². The van der Waals surface area contributed by atoms with Crippen molar-refractivity contribution in [3.05, 3.63) is 35.4 Å². The fraction of sp³-hybridized carbons (Fsp3) is 0.706. The maximum Gasteiger partial charge on any atom is 0.134 e. The predicted molar refractivity (Wildman–Crippen MR) is 149 cm³/mol. The lowest BCUT2D eigenvalue weighted by atomic mass is 9.47. The summed E-state index contributed by atoms with van der Waals surface area (Å²) in [5.41, 5.74) is 3.21. The molecule has 10 rings (SSSR count). The Balaban J connectivity index is 1.28. The highest BCUT2D eigenvalue weighted by atomic mass is 16.5. The summed E-state index contributed by atoms with van der Waals surface area (Å²) in [6, 6.07) is 9.52. The first kappa shape index (κ1) is 24.1. The lowest BCUT2D eigenvalue weighted by Crippen LogP contribution is -2.49. The Hall–Kier alpha value is -1.78. The van der Waals surface area contributed by atoms with E-state index in [0.29, 0.717) is 18.6 Å². The molecule has 2 N–H and O–H groups in total. The summed E-state index contributed by atoms with van der Waals surface area (Å²) < 4.78 is 12.9. The van der Waals surface area contributed by atoms with Crippen molar-refractivity contribution in [1.29, 1.82) is 0 Å². The normalized spacial score (nSPS) is 40.3. The zero-order valence-corrected chi connectivity index (χ0v) is 22.8. The second kappa shape index (κ2) is 8.86. The number of aliphatic hydroxyl groups is 2. The Morgan fingerprint density at radius 2 is 1.13 bits per heavy atom. The average molecular weight is 517 g/mol. The molecule has 0 heterocycles. The summed E-state index contributed by atoms with van der Waals surface area (Å²) in [4.78, 5) is 0. The Kier molecular flexibility index (Phi) is 5.61. The molecule has 4 nitrogen and oxygen atoms in total. The van der Waals surface area contributed by atoms with Gasteiger partial charge in [-0.1, -0.05) is 18.2 Å². The molecule has 0 spiro atoms. The second-order valence-electron chi connectivity index (χ2n) is 14.6. The van der Waals surface area contributed by atoms with Gasteiger partial charge in [0.2, 0.25) is 0 Å². The average Bonchev–Trinajstić information content (AvgIpc) is 2.88. The number of hydrogen-bond acceptors (Lipinski definition) is 4. The predicted octanol–water partition coefficient (Wildman–Crippen LogP) is 6.52. The lowest BCUT2D eigenvalue weighted by molar-refractivity contribution is -0.00785. The van der Waals surface area contributed by atoms with Crippen LogP contribution in [0, 0.1) is 35.5 Å². The first-order valence-corrected chi connectivity index (χ1v) is 15.7. The SMILES string of the molecule is OCCOc1cc2cc(C34CC5CC(CC(C5)C3)C4)ccc2c(OCCO)c1C12CC3CC(CC(C3)C1)C2. The first-order chi connectivity index (χ1) is 18.6. The maximum absolute atomic E-state index is 9.79. The minimum Gasteiger partial charge on any atom is -0.491 e. The van der Waals surface area contributed by atoms with Crippen molar-refractivity contribution in [3.63, 3.8) is 0 Å². The van der Waals surface area contributed by atoms with Crippen molar-refractivity contribution in [2.75, 3.05) is 26.4 Å². The number of fused-ring (bicyclic) bond motifs is 1. The minimum atomic E-state index is 0.00882. The summed E-state index contributed by atoms with van der Waals surface area (Å²) in [5, 5.41) is 21.9. The van der Waals surface area contributed by atoms with Crippen LogP contribution < -0.4 is 9.47 Å². The van der Waals surface area contributed by atoms with Crippen LogP contribution in [-0.2, 0) is 10.8 Å². The Morgan fingerprint density at radius 1 is 0.632 bits per heavy atom. The first-order valence-electron chi connectivity index (χ1n) is 15.7. The van der Waals surface area contributed by atoms with E-state index in [1.807, 2.05) is 0 Å². The van der Waals surface area contributed by atoms with Crippen molar-refractivity contribution >= 4 is 10.8 Å². The van der Waals surface area contributed by atoms with Gasteiger partial charge in [0.15, 0.2) is 0 Å². The highest BCUT2D eigenvalue weighted by molar-refractivity contribution is 5.93. The molecule has 38 heavy (non-hydrogen) atoms. The molecule has 4 heteroatoms. The van der Waals surface area contributed by atoms with Gasteiger partial charge >= 0.3 is 0 Å². The standard InChI is InChI=1S/C34H44O4/c35-3-5-37-30-14-27-13-28(33-15-21-7-22(16-33)9-23(8-21)17-33)1-2-29(27)32(38-6-4-36)31(30)34-18-24-10-25(19-34)12-26(11-24)20-34/h1-2,13-14,21-26,35-36H,3-12,15-20H2. The molecule has 0 unspecified atom stereocenters. The third kappa shape index (κ3) is 3.69. The number of aliphatic hydroxyl groups excluding tert-OH is 2. The summed E-state index contributed by atoms with van der Waals surface area (Å²) in [5.74, 6) is 7.06. The number of benzene rings is 2. The van der Waals surface area contributed by atoms with Gasteiger partial charge in [-0.25, -0.2) is 0 Å². The van der Waals surface area contributed by atoms with Crippen LogP contribution in [0.25, 0.3) is 10.8 Å². The summed E-state index contributed by atoms with van der Waals surface area (Å²) in [7, 11) is 0. The molecule has 0 aliphatic heterocycles. The van der Waals surface area contributed by atoms with Crippen molar-refractivity contribution in [3.8, 4) is 11.5 Å². The van der Waals surface area contributed by atoms with Crippen molar-refractivity contribution in [2.45, 2.75) is 87.9 Å². The third-order valence-electron chi connectivity index (χ3n) is 12.0. The molecule has 2 aromatic carbocycles. The van der Waals surface area contributed by atoms with Crippen molar-refractivity contribution in [1.82, 2.24) is 0 Å². The monoisotopic (exact) mass is 516 g/mol. The number of hydrogen-bond donors (Lipinski definition) is 2. The molecular weight excluding hydrogens is 472 g/mol. The molecule has 0 saturated heterocycles. The van der Waals surface area contributed by atoms with E-state index in [0.717, 1.165) is 47.0 Å². The van der Waals surface area contributed by atoms with Gasteiger partial charge in [0, 0.05) is 16.4 Å². The molecule has 8 fully saturated rings. The molecule has 8 aliphatic rings. The highest BCUT2D eigenvalue weighted by Crippen LogP contribution is 2.65. The molecule has 0 radical (unpaired) electrons. The topological polar surface area (TPSA) is 58.9 Å². The molecule has 8 aliphatic carbocycles. The smallest absolute Gasteiger partial charge is 0.134 e. The largest absolute Gasteiger partial charge is 0.491 e. The van der Waals surface area contributed by atoms with Crippen LogP contribution in [-0.4, -0.2) is 36.6 Å². The van der Waals surface area contributed by atoms with E-state index in [2.05, 4.69) is 24.3 Å². The zero-order chi connectivity index (χ0) is 25.5. The van der Waals surface area contributed by atoms with E-state index in [4.69, 9.17) is 9.47 Å². The van der Waals surface area contributed by atoms with Crippen LogP contribution in [0.15, 0.2) is 24.3 Å². The summed E-state index contributed by atoms with van der Waals surface area (Å²) >= 11 is 0. The summed E-state index contributed by atoms with van der Waals surface area (Å²) in [6.07, 6.45) is 16.3. The van der Waals surface area contributed by atoms with Crippen LogP contribution in [0.3, 0.4) is 0 Å². The Bertz CT molecular complexity index is 1160. The van der Waals surface area contributed by atoms with Crippen LogP contribution >= 0.6 is 0 Å². The van der Waals surface area contributed by atoms with Crippen LogP contribution in [0.1, 0.15) is 88.2 Å². The van der Waals surface area contributed by atoms with E-state index >= 15 is 0 Å². The van der Waals surface area contributed by atoms with Gasteiger partial charge < -0.3 is 19.7 Å². The molecular formula is C34H44O4. The number of ether oxygens (including phenoxy) is 2. The molecule has 0 amide bonds. The fourth-order valence-corrected chi connectivity index (χ4v) is 11.6. The fourth-order valence-electron chi connectivity index (χ4n) is 11.6. The van der Waals surface area contributed by atoms with Crippen molar-refractivity contribution in [2.24, 2.45) is 35.5 Å². The highest BCUT2D eigenvalue weighted by Gasteiger charge is 2.54. The van der Waals surface area contributed by atoms with E-state index in [1.165, 1.54) is 98.9 Å². The molecule has 8 bridgehead atoms. The quantitative estimate of drug-likeness (QED) is 0.420. The number of rotatable bonds is 8. The van der Waals surface area contributed by atoms with Gasteiger partial charge in [-0.15, -0.1) is 0 Å². The molecule has 8 saturated carbocycles. The minimum absolute atomic E-state index is 0.00882. The zero-order valence-electron chi connectivity index (χ0n) is 22.8. The van der Waals surface area contributed by atoms with Crippen LogP contribution in [0.5, 0.6) is 11.5 Å². The third-order valence-corrected chi connectivity index (χ3v) is 12.0. The van der Waals surface area contributed by atoms with Crippen molar-refractivity contribution < 1.29 is 19.7 Å². The van der Waals surface area contributed by atoms with Gasteiger partial charge in [-0.3, -0.25) is 0 Å². The van der Waals surface area contributed by atoms with Gasteiger partial charge in [0.05, 0.1) is 13.2 Å². The Labute approximate surface area is 227 Å². The van der Waals surface area contributed by atoms with Crippen LogP contribution in [0.4, 0.5) is 0 Å². The Morgan fingerprint density at radius 3 is 1.66 bits per heavy atom. The molecule has 0 atom stereocenters. The van der Waals surface area contributed by atoms with Gasteiger partial charge in [-0.05, 0) is 135 Å². The maximum atomic E-state index is 9.79. The van der Waals surface area contributed by atoms with E-state index < -0.39 is 0 Å². The summed E-state index contributed by atoms with van der Waals surface area (Å²) in [6.45, 7) is 0.626. The van der Waals surface area contributed by atoms with Gasteiger partial charge in [-0.2, -0.15) is 0 Å². The van der Waals surface area contributed by atoms with E-state index in [-0.39, 0.29) is 18.6 Å². The molecule has 0 aromatic heterocycles. The molecule has 204 valence electrons. The van der Waals surface area contributed by atoms with Crippen LogP contribution in [0.2, 0.25) is 0 Å². The van der Waals surface area contributed by atoms with Gasteiger partial charge in [0.1, 0.15) is 24.7 Å². The van der Waals surface area contributed by atoms with Gasteiger partial charge in [0.25, 0.3) is 0 Å². The lowest BCUT2D eigenvalue weighted by Gasteiger charge is -2.57. The molecule has 2 aromatic rings. The van der Waals surface area contributed by atoms with E-state index in [1.54, 1.807) is 0 Å². The second-order valence-corrected chi connectivity index (χ2v) is 14.6.